The Hall–Kier alpha value is -1.23. The molecule has 1 aliphatic rings. The molecule has 2 heterocycles. The second-order valence-corrected chi connectivity index (χ2v) is 6.81. The molecular formula is C17H22Cl2N4. The van der Waals surface area contributed by atoms with E-state index in [9.17, 15) is 0 Å². The van der Waals surface area contributed by atoms with Crippen molar-refractivity contribution in [2.45, 2.75) is 19.4 Å². The average molecular weight is 353 g/mol. The number of benzene rings is 1. The molecule has 23 heavy (non-hydrogen) atoms. The highest BCUT2D eigenvalue weighted by Crippen LogP contribution is 2.20. The number of halogens is 2. The first kappa shape index (κ1) is 16.6. The van der Waals surface area contributed by atoms with E-state index < -0.39 is 0 Å². The van der Waals surface area contributed by atoms with Crippen molar-refractivity contribution >= 4 is 28.9 Å². The van der Waals surface area contributed by atoms with Gasteiger partial charge in [0.25, 0.3) is 0 Å². The van der Waals surface area contributed by atoms with Gasteiger partial charge in [-0.15, -0.1) is 0 Å². The number of aryl methyl sites for hydroxylation is 1. The van der Waals surface area contributed by atoms with Crippen LogP contribution in [0.2, 0.25) is 10.0 Å². The molecule has 1 aliphatic heterocycles. The molecule has 4 nitrogen and oxygen atoms in total. The van der Waals surface area contributed by atoms with Crippen molar-refractivity contribution < 1.29 is 0 Å². The Balaban J connectivity index is 1.36. The van der Waals surface area contributed by atoms with Crippen LogP contribution in [0.5, 0.6) is 0 Å². The van der Waals surface area contributed by atoms with E-state index in [-0.39, 0.29) is 0 Å². The van der Waals surface area contributed by atoms with Crippen LogP contribution in [0.1, 0.15) is 12.8 Å². The Bertz CT molecular complexity index is 621. The molecule has 0 saturated carbocycles. The zero-order chi connectivity index (χ0) is 16.1. The standard InChI is InChI=1S/C17H22Cl2N4/c18-15-4-3-5-17(12-15)22-10-8-21(9-11-22)6-1-2-7-23-14-16(19)13-20-23/h3-5,12-14H,1-2,6-11H2. The van der Waals surface area contributed by atoms with Gasteiger partial charge in [-0.05, 0) is 37.6 Å². The minimum absolute atomic E-state index is 0.710. The molecule has 3 rings (SSSR count). The first-order chi connectivity index (χ1) is 11.2. The van der Waals surface area contributed by atoms with E-state index in [0.29, 0.717) is 5.02 Å². The summed E-state index contributed by atoms with van der Waals surface area (Å²) in [5, 5.41) is 5.72. The van der Waals surface area contributed by atoms with E-state index in [1.165, 1.54) is 12.1 Å². The van der Waals surface area contributed by atoms with Crippen molar-refractivity contribution in [1.82, 2.24) is 14.7 Å². The SMILES string of the molecule is Clc1cccc(N2CCN(CCCCn3cc(Cl)cn3)CC2)c1. The molecule has 6 heteroatoms. The minimum atomic E-state index is 0.710. The Morgan fingerprint density at radius 1 is 0.957 bits per heavy atom. The topological polar surface area (TPSA) is 24.3 Å². The Labute approximate surface area is 147 Å². The van der Waals surface area contributed by atoms with Gasteiger partial charge in [0.15, 0.2) is 0 Å². The fraction of sp³-hybridized carbons (Fsp3) is 0.471. The first-order valence-corrected chi connectivity index (χ1v) is 8.87. The van der Waals surface area contributed by atoms with Crippen LogP contribution in [0.3, 0.4) is 0 Å². The van der Waals surface area contributed by atoms with E-state index in [0.717, 1.165) is 50.7 Å². The van der Waals surface area contributed by atoms with E-state index in [1.807, 2.05) is 29.1 Å². The van der Waals surface area contributed by atoms with E-state index in [2.05, 4.69) is 21.0 Å². The molecule has 1 saturated heterocycles. The molecule has 0 spiro atoms. The lowest BCUT2D eigenvalue weighted by atomic mass is 10.2. The number of hydrogen-bond acceptors (Lipinski definition) is 3. The average Bonchev–Trinajstić information content (AvgIpc) is 2.98. The molecule has 0 aliphatic carbocycles. The van der Waals surface area contributed by atoms with Crippen LogP contribution in [0, 0.1) is 0 Å². The second kappa shape index (κ2) is 8.04. The largest absolute Gasteiger partial charge is 0.369 e. The molecular weight excluding hydrogens is 331 g/mol. The van der Waals surface area contributed by atoms with Crippen LogP contribution in [0.4, 0.5) is 5.69 Å². The van der Waals surface area contributed by atoms with Gasteiger partial charge in [-0.3, -0.25) is 9.58 Å². The monoisotopic (exact) mass is 352 g/mol. The smallest absolute Gasteiger partial charge is 0.0785 e. The molecule has 124 valence electrons. The van der Waals surface area contributed by atoms with Crippen LogP contribution in [-0.4, -0.2) is 47.4 Å². The first-order valence-electron chi connectivity index (χ1n) is 8.11. The fourth-order valence-electron chi connectivity index (χ4n) is 2.97. The molecule has 0 bridgehead atoms. The van der Waals surface area contributed by atoms with Crippen molar-refractivity contribution in [3.63, 3.8) is 0 Å². The van der Waals surface area contributed by atoms with Gasteiger partial charge in [0, 0.05) is 49.6 Å². The molecule has 0 atom stereocenters. The molecule has 0 amide bonds. The van der Waals surface area contributed by atoms with Gasteiger partial charge in [0.1, 0.15) is 0 Å². The van der Waals surface area contributed by atoms with Gasteiger partial charge in [-0.25, -0.2) is 0 Å². The summed E-state index contributed by atoms with van der Waals surface area (Å²) < 4.78 is 1.92. The van der Waals surface area contributed by atoms with E-state index >= 15 is 0 Å². The second-order valence-electron chi connectivity index (χ2n) is 5.94. The zero-order valence-electron chi connectivity index (χ0n) is 13.2. The summed E-state index contributed by atoms with van der Waals surface area (Å²) in [5.74, 6) is 0. The third-order valence-electron chi connectivity index (χ3n) is 4.26. The minimum Gasteiger partial charge on any atom is -0.369 e. The van der Waals surface area contributed by atoms with Gasteiger partial charge < -0.3 is 4.90 Å². The van der Waals surface area contributed by atoms with Crippen LogP contribution < -0.4 is 4.90 Å². The fourth-order valence-corrected chi connectivity index (χ4v) is 3.31. The predicted molar refractivity (Wildman–Crippen MR) is 96.6 cm³/mol. The van der Waals surface area contributed by atoms with Gasteiger partial charge in [0.2, 0.25) is 0 Å². The highest BCUT2D eigenvalue weighted by atomic mass is 35.5. The highest BCUT2D eigenvalue weighted by molar-refractivity contribution is 6.31. The van der Waals surface area contributed by atoms with E-state index in [1.54, 1.807) is 6.20 Å². The summed E-state index contributed by atoms with van der Waals surface area (Å²) in [5.41, 5.74) is 1.23. The third kappa shape index (κ3) is 4.87. The summed E-state index contributed by atoms with van der Waals surface area (Å²) >= 11 is 11.9. The summed E-state index contributed by atoms with van der Waals surface area (Å²) in [7, 11) is 0. The van der Waals surface area contributed by atoms with Gasteiger partial charge >= 0.3 is 0 Å². The molecule has 1 fully saturated rings. The molecule has 2 aromatic rings. The summed E-state index contributed by atoms with van der Waals surface area (Å²) in [6.07, 6.45) is 5.89. The Kier molecular flexibility index (Phi) is 5.81. The number of anilines is 1. The van der Waals surface area contributed by atoms with Crippen LogP contribution in [0.25, 0.3) is 0 Å². The van der Waals surface area contributed by atoms with Gasteiger partial charge in [-0.2, -0.15) is 5.10 Å². The quantitative estimate of drug-likeness (QED) is 0.739. The number of piperazine rings is 1. The zero-order valence-corrected chi connectivity index (χ0v) is 14.7. The molecule has 0 N–H and O–H groups in total. The lowest BCUT2D eigenvalue weighted by Gasteiger charge is -2.36. The maximum absolute atomic E-state index is 6.08. The van der Waals surface area contributed by atoms with E-state index in [4.69, 9.17) is 23.2 Å². The normalized spacial score (nSPS) is 16.0. The molecule has 1 aromatic heterocycles. The lowest BCUT2D eigenvalue weighted by molar-refractivity contribution is 0.251. The lowest BCUT2D eigenvalue weighted by Crippen LogP contribution is -2.46. The summed E-state index contributed by atoms with van der Waals surface area (Å²) in [6.45, 7) is 6.44. The van der Waals surface area contributed by atoms with Crippen molar-refractivity contribution in [3.05, 3.63) is 46.7 Å². The number of unbranched alkanes of at least 4 members (excludes halogenated alkanes) is 1. The van der Waals surface area contributed by atoms with Gasteiger partial charge in [-0.1, -0.05) is 29.3 Å². The number of aromatic nitrogens is 2. The van der Waals surface area contributed by atoms with Crippen LogP contribution >= 0.6 is 23.2 Å². The maximum Gasteiger partial charge on any atom is 0.0785 e. The van der Waals surface area contributed by atoms with Crippen LogP contribution in [-0.2, 0) is 6.54 Å². The summed E-state index contributed by atoms with van der Waals surface area (Å²) in [6, 6.07) is 8.13. The van der Waals surface area contributed by atoms with Gasteiger partial charge in [0.05, 0.1) is 11.2 Å². The predicted octanol–water partition coefficient (Wildman–Crippen LogP) is 3.79. The van der Waals surface area contributed by atoms with Crippen LogP contribution in [0.15, 0.2) is 36.7 Å². The number of rotatable bonds is 6. The highest BCUT2D eigenvalue weighted by Gasteiger charge is 2.16. The van der Waals surface area contributed by atoms with Crippen molar-refractivity contribution in [2.75, 3.05) is 37.6 Å². The third-order valence-corrected chi connectivity index (χ3v) is 4.69. The summed E-state index contributed by atoms with van der Waals surface area (Å²) in [4.78, 5) is 4.95. The maximum atomic E-state index is 6.08. The number of hydrogen-bond donors (Lipinski definition) is 0. The molecule has 1 aromatic carbocycles. The van der Waals surface area contributed by atoms with Crippen molar-refractivity contribution in [2.24, 2.45) is 0 Å². The Morgan fingerprint density at radius 3 is 2.43 bits per heavy atom. The Morgan fingerprint density at radius 2 is 1.74 bits per heavy atom. The molecule has 0 unspecified atom stereocenters. The van der Waals surface area contributed by atoms with Crippen molar-refractivity contribution in [1.29, 1.82) is 0 Å². The molecule has 0 radical (unpaired) electrons. The van der Waals surface area contributed by atoms with Crippen molar-refractivity contribution in [3.8, 4) is 0 Å². The number of nitrogens with zero attached hydrogens (tertiary/aromatic N) is 4.